The van der Waals surface area contributed by atoms with Gasteiger partial charge in [0.15, 0.2) is 0 Å². The third-order valence-corrected chi connectivity index (χ3v) is 2.36. The molecule has 15 heavy (non-hydrogen) atoms. The van der Waals surface area contributed by atoms with Crippen molar-refractivity contribution in [2.75, 3.05) is 13.7 Å². The maximum Gasteiger partial charge on any atom is 0.219 e. The Morgan fingerprint density at radius 3 is 2.80 bits per heavy atom. The van der Waals surface area contributed by atoms with Gasteiger partial charge in [-0.2, -0.15) is 4.98 Å². The Bertz CT molecular complexity index is 315. The van der Waals surface area contributed by atoms with Crippen LogP contribution in [0.15, 0.2) is 6.20 Å². The van der Waals surface area contributed by atoms with Crippen molar-refractivity contribution in [2.45, 2.75) is 26.7 Å². The molecular weight excluding hydrogens is 190 g/mol. The van der Waals surface area contributed by atoms with Crippen LogP contribution in [0, 0.1) is 5.92 Å². The molecule has 0 aliphatic carbocycles. The second-order valence-electron chi connectivity index (χ2n) is 3.72. The molecule has 4 heteroatoms. The molecule has 0 saturated heterocycles. The van der Waals surface area contributed by atoms with Crippen LogP contribution in [0.2, 0.25) is 0 Å². The Balaban J connectivity index is 2.87. The summed E-state index contributed by atoms with van der Waals surface area (Å²) in [5.74, 6) is 1.92. The highest BCUT2D eigenvalue weighted by Crippen LogP contribution is 2.17. The molecule has 1 rings (SSSR count). The average Bonchev–Trinajstić information content (AvgIpc) is 2.29. The zero-order valence-electron chi connectivity index (χ0n) is 9.66. The van der Waals surface area contributed by atoms with Crippen LogP contribution in [-0.4, -0.2) is 23.6 Å². The molecule has 0 bridgehead atoms. The van der Waals surface area contributed by atoms with E-state index in [9.17, 15) is 0 Å². The Morgan fingerprint density at radius 2 is 2.27 bits per heavy atom. The summed E-state index contributed by atoms with van der Waals surface area (Å²) in [7, 11) is 1.64. The predicted octanol–water partition coefficient (Wildman–Crippen LogP) is 1.18. The highest BCUT2D eigenvalue weighted by molar-refractivity contribution is 5.24. The lowest BCUT2D eigenvalue weighted by Crippen LogP contribution is -2.14. The van der Waals surface area contributed by atoms with E-state index in [1.54, 1.807) is 7.11 Å². The molecular formula is C11H19N3O. The summed E-state index contributed by atoms with van der Waals surface area (Å²) in [4.78, 5) is 8.58. The summed E-state index contributed by atoms with van der Waals surface area (Å²) in [6.45, 7) is 4.79. The Kier molecular flexibility index (Phi) is 4.49. The van der Waals surface area contributed by atoms with Crippen molar-refractivity contribution in [1.29, 1.82) is 0 Å². The Labute approximate surface area is 90.9 Å². The van der Waals surface area contributed by atoms with E-state index in [0.29, 0.717) is 18.3 Å². The van der Waals surface area contributed by atoms with E-state index in [1.807, 2.05) is 13.1 Å². The van der Waals surface area contributed by atoms with Crippen molar-refractivity contribution < 1.29 is 4.74 Å². The quantitative estimate of drug-likeness (QED) is 0.791. The van der Waals surface area contributed by atoms with Gasteiger partial charge >= 0.3 is 0 Å². The van der Waals surface area contributed by atoms with Crippen LogP contribution in [-0.2, 0) is 12.8 Å². The van der Waals surface area contributed by atoms with Gasteiger partial charge in [0.05, 0.1) is 7.11 Å². The number of methoxy groups -OCH3 is 1. The molecule has 2 N–H and O–H groups in total. The zero-order valence-corrected chi connectivity index (χ0v) is 9.66. The standard InChI is InChI=1S/C11H19N3O/c1-4-10-13-7-9(5-8(2)6-12)11(14-10)15-3/h7-8H,4-6,12H2,1-3H3. The van der Waals surface area contributed by atoms with Crippen molar-refractivity contribution in [3.8, 4) is 5.88 Å². The van der Waals surface area contributed by atoms with Crippen LogP contribution in [0.5, 0.6) is 5.88 Å². The summed E-state index contributed by atoms with van der Waals surface area (Å²) in [5.41, 5.74) is 6.62. The van der Waals surface area contributed by atoms with E-state index < -0.39 is 0 Å². The van der Waals surface area contributed by atoms with Crippen molar-refractivity contribution in [1.82, 2.24) is 9.97 Å². The van der Waals surface area contributed by atoms with Gasteiger partial charge in [-0.25, -0.2) is 4.98 Å². The summed E-state index contributed by atoms with van der Waals surface area (Å²) in [6, 6.07) is 0. The predicted molar refractivity (Wildman–Crippen MR) is 59.9 cm³/mol. The Hall–Kier alpha value is -1.16. The van der Waals surface area contributed by atoms with Crippen LogP contribution in [0.3, 0.4) is 0 Å². The fourth-order valence-electron chi connectivity index (χ4n) is 1.37. The molecule has 1 unspecified atom stereocenters. The lowest BCUT2D eigenvalue weighted by molar-refractivity contribution is 0.385. The second kappa shape index (κ2) is 5.66. The van der Waals surface area contributed by atoms with Crippen molar-refractivity contribution in [3.05, 3.63) is 17.6 Å². The molecule has 84 valence electrons. The first-order valence-corrected chi connectivity index (χ1v) is 5.30. The largest absolute Gasteiger partial charge is 0.481 e. The molecule has 4 nitrogen and oxygen atoms in total. The first kappa shape index (κ1) is 11.9. The molecule has 0 aromatic carbocycles. The molecule has 0 spiro atoms. The van der Waals surface area contributed by atoms with Gasteiger partial charge in [0.1, 0.15) is 5.82 Å². The number of rotatable bonds is 5. The zero-order chi connectivity index (χ0) is 11.3. The van der Waals surface area contributed by atoms with Gasteiger partial charge in [0, 0.05) is 18.2 Å². The third kappa shape index (κ3) is 3.16. The highest BCUT2D eigenvalue weighted by atomic mass is 16.5. The van der Waals surface area contributed by atoms with Gasteiger partial charge in [0.2, 0.25) is 5.88 Å². The minimum absolute atomic E-state index is 0.426. The van der Waals surface area contributed by atoms with Crippen LogP contribution >= 0.6 is 0 Å². The van der Waals surface area contributed by atoms with E-state index in [-0.39, 0.29) is 0 Å². The van der Waals surface area contributed by atoms with Gasteiger partial charge in [-0.3, -0.25) is 0 Å². The van der Waals surface area contributed by atoms with E-state index in [4.69, 9.17) is 10.5 Å². The molecule has 0 amide bonds. The highest BCUT2D eigenvalue weighted by Gasteiger charge is 2.09. The van der Waals surface area contributed by atoms with Crippen molar-refractivity contribution in [3.63, 3.8) is 0 Å². The van der Waals surface area contributed by atoms with E-state index in [2.05, 4.69) is 16.9 Å². The summed E-state index contributed by atoms with van der Waals surface area (Å²) < 4.78 is 5.24. The maximum atomic E-state index is 5.59. The third-order valence-electron chi connectivity index (χ3n) is 2.36. The van der Waals surface area contributed by atoms with Crippen LogP contribution in [0.4, 0.5) is 0 Å². The fourth-order valence-corrected chi connectivity index (χ4v) is 1.37. The van der Waals surface area contributed by atoms with E-state index >= 15 is 0 Å². The monoisotopic (exact) mass is 209 g/mol. The molecule has 1 atom stereocenters. The Morgan fingerprint density at radius 1 is 1.53 bits per heavy atom. The van der Waals surface area contributed by atoms with Crippen molar-refractivity contribution in [2.24, 2.45) is 11.7 Å². The van der Waals surface area contributed by atoms with Gasteiger partial charge in [0.25, 0.3) is 0 Å². The van der Waals surface area contributed by atoms with Crippen molar-refractivity contribution >= 4 is 0 Å². The minimum atomic E-state index is 0.426. The lowest BCUT2D eigenvalue weighted by atomic mass is 10.0. The fraction of sp³-hybridized carbons (Fsp3) is 0.636. The molecule has 0 aliphatic rings. The topological polar surface area (TPSA) is 61.0 Å². The SMILES string of the molecule is CCc1ncc(CC(C)CN)c(OC)n1. The minimum Gasteiger partial charge on any atom is -0.481 e. The number of ether oxygens (including phenoxy) is 1. The van der Waals surface area contributed by atoms with E-state index in [0.717, 1.165) is 24.2 Å². The molecule has 0 radical (unpaired) electrons. The number of nitrogens with two attached hydrogens (primary N) is 1. The summed E-state index contributed by atoms with van der Waals surface area (Å²) >= 11 is 0. The van der Waals surface area contributed by atoms with Crippen LogP contribution < -0.4 is 10.5 Å². The summed E-state index contributed by atoms with van der Waals surface area (Å²) in [6.07, 6.45) is 3.53. The van der Waals surface area contributed by atoms with Crippen LogP contribution in [0.25, 0.3) is 0 Å². The summed E-state index contributed by atoms with van der Waals surface area (Å²) in [5, 5.41) is 0. The molecule has 1 heterocycles. The normalized spacial score (nSPS) is 12.5. The smallest absolute Gasteiger partial charge is 0.219 e. The number of nitrogens with zero attached hydrogens (tertiary/aromatic N) is 2. The molecule has 0 aliphatic heterocycles. The number of aryl methyl sites for hydroxylation is 1. The second-order valence-corrected chi connectivity index (χ2v) is 3.72. The van der Waals surface area contributed by atoms with Gasteiger partial charge < -0.3 is 10.5 Å². The first-order valence-electron chi connectivity index (χ1n) is 5.30. The molecule has 0 saturated carbocycles. The number of hydrogen-bond acceptors (Lipinski definition) is 4. The van der Waals surface area contributed by atoms with E-state index in [1.165, 1.54) is 0 Å². The van der Waals surface area contributed by atoms with Gasteiger partial charge in [-0.15, -0.1) is 0 Å². The van der Waals surface area contributed by atoms with Crippen LogP contribution in [0.1, 0.15) is 25.2 Å². The number of hydrogen-bond donors (Lipinski definition) is 1. The molecule has 1 aromatic rings. The first-order chi connectivity index (χ1) is 7.21. The maximum absolute atomic E-state index is 5.59. The van der Waals surface area contributed by atoms with Gasteiger partial charge in [-0.1, -0.05) is 13.8 Å². The molecule has 1 aromatic heterocycles. The van der Waals surface area contributed by atoms with Gasteiger partial charge in [-0.05, 0) is 18.9 Å². The number of aromatic nitrogens is 2. The average molecular weight is 209 g/mol. The lowest BCUT2D eigenvalue weighted by Gasteiger charge is -2.11. The molecule has 0 fully saturated rings.